The Hall–Kier alpha value is -2.92. The van der Waals surface area contributed by atoms with Crippen molar-refractivity contribution in [1.29, 1.82) is 0 Å². The Balaban J connectivity index is 1.50. The van der Waals surface area contributed by atoms with E-state index >= 15 is 0 Å². The maximum atomic E-state index is 13.0. The van der Waals surface area contributed by atoms with Gasteiger partial charge in [-0.15, -0.1) is 11.3 Å². The van der Waals surface area contributed by atoms with Gasteiger partial charge in [-0.2, -0.15) is 0 Å². The maximum Gasteiger partial charge on any atom is 0.268 e. The molecule has 0 unspecified atom stereocenters. The third-order valence-corrected chi connectivity index (χ3v) is 6.03. The molecule has 128 valence electrons. The molecule has 0 N–H and O–H groups in total. The second kappa shape index (κ2) is 5.81. The van der Waals surface area contributed by atoms with E-state index in [0.717, 1.165) is 45.3 Å². The van der Waals surface area contributed by atoms with Gasteiger partial charge < -0.3 is 9.47 Å². The molecule has 4 nitrogen and oxygen atoms in total. The summed E-state index contributed by atoms with van der Waals surface area (Å²) in [5, 5.41) is 0. The molecule has 0 bridgehead atoms. The van der Waals surface area contributed by atoms with Crippen LogP contribution in [0.4, 0.5) is 5.69 Å². The van der Waals surface area contributed by atoms with Gasteiger partial charge in [0.1, 0.15) is 0 Å². The van der Waals surface area contributed by atoms with Crippen molar-refractivity contribution in [3.8, 4) is 10.7 Å². The summed E-state index contributed by atoms with van der Waals surface area (Å²) in [6, 6.07) is 20.2. The third-order valence-electron chi connectivity index (χ3n) is 4.96. The van der Waals surface area contributed by atoms with Crippen molar-refractivity contribution >= 4 is 34.0 Å². The fourth-order valence-electron chi connectivity index (χ4n) is 3.62. The van der Waals surface area contributed by atoms with Crippen molar-refractivity contribution < 1.29 is 4.79 Å². The molecule has 0 radical (unpaired) electrons. The predicted molar refractivity (Wildman–Crippen MR) is 106 cm³/mol. The average Bonchev–Trinajstić information content (AvgIpc) is 3.38. The van der Waals surface area contributed by atoms with Gasteiger partial charge in [-0.05, 0) is 42.3 Å². The number of rotatable bonds is 2. The normalized spacial score (nSPS) is 13.3. The summed E-state index contributed by atoms with van der Waals surface area (Å²) in [5.74, 6) is 0.974. The molecule has 5 rings (SSSR count). The van der Waals surface area contributed by atoms with Gasteiger partial charge in [-0.3, -0.25) is 4.79 Å². The second-order valence-electron chi connectivity index (χ2n) is 6.48. The summed E-state index contributed by atoms with van der Waals surface area (Å²) in [7, 11) is 2.02. The van der Waals surface area contributed by atoms with Crippen molar-refractivity contribution in [2.24, 2.45) is 7.05 Å². The lowest BCUT2D eigenvalue weighted by molar-refractivity contribution is 0.0993. The smallest absolute Gasteiger partial charge is 0.268 e. The van der Waals surface area contributed by atoms with Gasteiger partial charge in [0, 0.05) is 19.3 Å². The first-order valence-corrected chi connectivity index (χ1v) is 9.45. The highest BCUT2D eigenvalue weighted by Crippen LogP contribution is 2.33. The number of hydrogen-bond acceptors (Lipinski definition) is 3. The van der Waals surface area contributed by atoms with Crippen LogP contribution in [0.1, 0.15) is 15.2 Å². The molecule has 5 heteroatoms. The lowest BCUT2D eigenvalue weighted by Gasteiger charge is -2.16. The SMILES string of the molecule is Cn1c(-c2ccc(C(=O)N3CCc4ccccc43)s2)nc2ccccc21. The van der Waals surface area contributed by atoms with Crippen LogP contribution in [0.25, 0.3) is 21.7 Å². The Morgan fingerprint density at radius 2 is 1.85 bits per heavy atom. The first-order valence-electron chi connectivity index (χ1n) is 8.64. The number of benzene rings is 2. The molecule has 0 saturated carbocycles. The number of para-hydroxylation sites is 3. The quantitative estimate of drug-likeness (QED) is 0.528. The van der Waals surface area contributed by atoms with E-state index in [1.165, 1.54) is 16.9 Å². The van der Waals surface area contributed by atoms with Crippen molar-refractivity contribution in [2.75, 3.05) is 11.4 Å². The molecule has 0 saturated heterocycles. The highest BCUT2D eigenvalue weighted by atomic mass is 32.1. The molecule has 2 aromatic carbocycles. The molecule has 4 aromatic rings. The maximum absolute atomic E-state index is 13.0. The van der Waals surface area contributed by atoms with E-state index in [-0.39, 0.29) is 5.91 Å². The first-order chi connectivity index (χ1) is 12.7. The Bertz CT molecular complexity index is 1140. The van der Waals surface area contributed by atoms with E-state index in [0.29, 0.717) is 0 Å². The van der Waals surface area contributed by atoms with Crippen LogP contribution in [0.15, 0.2) is 60.7 Å². The molecule has 3 heterocycles. The summed E-state index contributed by atoms with van der Waals surface area (Å²) in [4.78, 5) is 21.4. The van der Waals surface area contributed by atoms with E-state index in [4.69, 9.17) is 4.98 Å². The van der Waals surface area contributed by atoms with Gasteiger partial charge >= 0.3 is 0 Å². The number of imidazole rings is 1. The third kappa shape index (κ3) is 2.28. The monoisotopic (exact) mass is 359 g/mol. The average molecular weight is 359 g/mol. The van der Waals surface area contributed by atoms with Crippen LogP contribution in [0, 0.1) is 0 Å². The van der Waals surface area contributed by atoms with E-state index in [2.05, 4.69) is 16.7 Å². The van der Waals surface area contributed by atoms with Crippen LogP contribution in [0.3, 0.4) is 0 Å². The summed E-state index contributed by atoms with van der Waals surface area (Å²) >= 11 is 1.51. The minimum atomic E-state index is 0.0740. The summed E-state index contributed by atoms with van der Waals surface area (Å²) < 4.78 is 2.08. The summed E-state index contributed by atoms with van der Waals surface area (Å²) in [6.07, 6.45) is 0.922. The van der Waals surface area contributed by atoms with Crippen molar-refractivity contribution in [1.82, 2.24) is 9.55 Å². The number of thiophene rings is 1. The Morgan fingerprint density at radius 1 is 1.04 bits per heavy atom. The largest absolute Gasteiger partial charge is 0.326 e. The highest BCUT2D eigenvalue weighted by molar-refractivity contribution is 7.17. The molecule has 1 aliphatic heterocycles. The van der Waals surface area contributed by atoms with Crippen LogP contribution in [0.5, 0.6) is 0 Å². The van der Waals surface area contributed by atoms with Gasteiger partial charge in [-0.1, -0.05) is 30.3 Å². The molecular formula is C21H17N3OS. The number of carbonyl (C=O) groups is 1. The van der Waals surface area contributed by atoms with Gasteiger partial charge in [0.05, 0.1) is 20.8 Å². The molecule has 1 aliphatic rings. The first kappa shape index (κ1) is 15.3. The van der Waals surface area contributed by atoms with E-state index in [1.807, 2.05) is 60.5 Å². The Labute approximate surface area is 155 Å². The van der Waals surface area contributed by atoms with Gasteiger partial charge in [0.15, 0.2) is 5.82 Å². The minimum absolute atomic E-state index is 0.0740. The molecule has 0 fully saturated rings. The van der Waals surface area contributed by atoms with Gasteiger partial charge in [-0.25, -0.2) is 4.98 Å². The lowest BCUT2D eigenvalue weighted by Crippen LogP contribution is -2.28. The zero-order valence-corrected chi connectivity index (χ0v) is 15.2. The van der Waals surface area contributed by atoms with Crippen LogP contribution in [0.2, 0.25) is 0 Å². The zero-order chi connectivity index (χ0) is 17.7. The van der Waals surface area contributed by atoms with Crippen LogP contribution >= 0.6 is 11.3 Å². The molecule has 26 heavy (non-hydrogen) atoms. The van der Waals surface area contributed by atoms with Crippen molar-refractivity contribution in [3.63, 3.8) is 0 Å². The number of nitrogens with zero attached hydrogens (tertiary/aromatic N) is 3. The molecular weight excluding hydrogens is 342 g/mol. The van der Waals surface area contributed by atoms with Crippen molar-refractivity contribution in [2.45, 2.75) is 6.42 Å². The Morgan fingerprint density at radius 3 is 2.73 bits per heavy atom. The number of carbonyl (C=O) groups excluding carboxylic acids is 1. The number of aryl methyl sites for hydroxylation is 1. The van der Waals surface area contributed by atoms with Crippen molar-refractivity contribution in [3.05, 3.63) is 71.1 Å². The number of fused-ring (bicyclic) bond motifs is 2. The van der Waals surface area contributed by atoms with Gasteiger partial charge in [0.25, 0.3) is 5.91 Å². The second-order valence-corrected chi connectivity index (χ2v) is 7.57. The predicted octanol–water partition coefficient (Wildman–Crippen LogP) is 4.50. The molecule has 2 aromatic heterocycles. The summed E-state index contributed by atoms with van der Waals surface area (Å²) in [5.41, 5.74) is 4.35. The fraction of sp³-hybridized carbons (Fsp3) is 0.143. The molecule has 0 aliphatic carbocycles. The Kier molecular flexibility index (Phi) is 3.43. The highest BCUT2D eigenvalue weighted by Gasteiger charge is 2.26. The lowest BCUT2D eigenvalue weighted by atomic mass is 10.2. The number of anilines is 1. The van der Waals surface area contributed by atoms with Gasteiger partial charge in [0.2, 0.25) is 0 Å². The molecule has 0 spiro atoms. The summed E-state index contributed by atoms with van der Waals surface area (Å²) in [6.45, 7) is 0.748. The van der Waals surface area contributed by atoms with Crippen LogP contribution in [-0.2, 0) is 13.5 Å². The number of aromatic nitrogens is 2. The van der Waals surface area contributed by atoms with E-state index in [1.54, 1.807) is 0 Å². The molecule has 0 atom stereocenters. The number of amides is 1. The fourth-order valence-corrected chi connectivity index (χ4v) is 4.60. The van der Waals surface area contributed by atoms with E-state index < -0.39 is 0 Å². The minimum Gasteiger partial charge on any atom is -0.326 e. The van der Waals surface area contributed by atoms with Crippen LogP contribution < -0.4 is 4.90 Å². The van der Waals surface area contributed by atoms with E-state index in [9.17, 15) is 4.79 Å². The zero-order valence-electron chi connectivity index (χ0n) is 14.3. The standard InChI is InChI=1S/C21H17N3OS/c1-23-17-9-5-3-7-15(17)22-20(23)18-10-11-19(26-18)21(25)24-13-12-14-6-2-4-8-16(14)24/h2-11H,12-13H2,1H3. The molecule has 1 amide bonds. The topological polar surface area (TPSA) is 38.1 Å². The number of hydrogen-bond donors (Lipinski definition) is 0. The van der Waals surface area contributed by atoms with Crippen LogP contribution in [-0.4, -0.2) is 22.0 Å².